The zero-order chi connectivity index (χ0) is 13.5. The highest BCUT2D eigenvalue weighted by Gasteiger charge is 2.22. The molecular weight excluding hydrogens is 238 g/mol. The van der Waals surface area contributed by atoms with Crippen molar-refractivity contribution in [1.82, 2.24) is 13.7 Å². The maximum absolute atomic E-state index is 12.3. The van der Waals surface area contributed by atoms with E-state index in [2.05, 4.69) is 0 Å². The van der Waals surface area contributed by atoms with Crippen LogP contribution in [-0.4, -0.2) is 13.7 Å². The van der Waals surface area contributed by atoms with Crippen LogP contribution in [0.1, 0.15) is 40.7 Å². The quantitative estimate of drug-likeness (QED) is 0.715. The Morgan fingerprint density at radius 3 is 1.94 bits per heavy atom. The molecular formula is C11H19N3O2S. The molecule has 6 heteroatoms. The van der Waals surface area contributed by atoms with Crippen molar-refractivity contribution < 1.29 is 0 Å². The van der Waals surface area contributed by atoms with Crippen molar-refractivity contribution >= 4 is 12.2 Å². The molecule has 0 saturated carbocycles. The molecule has 0 amide bonds. The summed E-state index contributed by atoms with van der Waals surface area (Å²) in [5.74, 6) is 0. The third-order valence-corrected chi connectivity index (χ3v) is 3.03. The fourth-order valence-corrected chi connectivity index (χ4v) is 2.05. The van der Waals surface area contributed by atoms with Crippen molar-refractivity contribution in [2.75, 3.05) is 0 Å². The van der Waals surface area contributed by atoms with E-state index in [1.807, 2.05) is 34.6 Å². The standard InChI is InChI=1S/C11H19N3O2S/c1-7(2)13-9(16)14(11(3,4)5)8(15)12(6)10(13)17/h7H,1-6H3. The maximum atomic E-state index is 12.3. The minimum absolute atomic E-state index is 0.0737. The Bertz CT molecular complexity index is 599. The first kappa shape index (κ1) is 13.9. The highest BCUT2D eigenvalue weighted by Crippen LogP contribution is 2.08. The molecule has 1 heterocycles. The number of hydrogen-bond donors (Lipinski definition) is 0. The van der Waals surface area contributed by atoms with Crippen LogP contribution in [0.4, 0.5) is 0 Å². The number of hydrogen-bond acceptors (Lipinski definition) is 3. The van der Waals surface area contributed by atoms with Gasteiger partial charge in [0.15, 0.2) is 4.77 Å². The van der Waals surface area contributed by atoms with Gasteiger partial charge in [0.05, 0.1) is 0 Å². The lowest BCUT2D eigenvalue weighted by atomic mass is 10.1. The van der Waals surface area contributed by atoms with Gasteiger partial charge in [-0.2, -0.15) is 0 Å². The predicted octanol–water partition coefficient (Wildman–Crippen LogP) is 1.41. The summed E-state index contributed by atoms with van der Waals surface area (Å²) >= 11 is 5.14. The molecule has 0 N–H and O–H groups in total. The van der Waals surface area contributed by atoms with E-state index < -0.39 is 5.54 Å². The third-order valence-electron chi connectivity index (χ3n) is 2.56. The molecule has 0 bridgehead atoms. The van der Waals surface area contributed by atoms with E-state index in [1.54, 1.807) is 7.05 Å². The predicted molar refractivity (Wildman–Crippen MR) is 70.1 cm³/mol. The van der Waals surface area contributed by atoms with Gasteiger partial charge in [0.2, 0.25) is 0 Å². The Morgan fingerprint density at radius 2 is 1.59 bits per heavy atom. The Morgan fingerprint density at radius 1 is 1.12 bits per heavy atom. The number of rotatable bonds is 1. The highest BCUT2D eigenvalue weighted by molar-refractivity contribution is 7.71. The second kappa shape index (κ2) is 4.25. The lowest BCUT2D eigenvalue weighted by molar-refractivity contribution is 0.322. The van der Waals surface area contributed by atoms with Gasteiger partial charge in [0.25, 0.3) is 0 Å². The normalized spacial score (nSPS) is 12.2. The number of aromatic nitrogens is 3. The smallest absolute Gasteiger partial charge is 0.273 e. The molecule has 96 valence electrons. The zero-order valence-corrected chi connectivity index (χ0v) is 12.0. The van der Waals surface area contributed by atoms with Gasteiger partial charge in [-0.15, -0.1) is 0 Å². The lowest BCUT2D eigenvalue weighted by Gasteiger charge is -2.24. The van der Waals surface area contributed by atoms with Gasteiger partial charge in [-0.1, -0.05) is 0 Å². The van der Waals surface area contributed by atoms with Crippen molar-refractivity contribution in [3.8, 4) is 0 Å². The summed E-state index contributed by atoms with van der Waals surface area (Å²) in [4.78, 5) is 24.4. The van der Waals surface area contributed by atoms with E-state index in [0.717, 1.165) is 0 Å². The van der Waals surface area contributed by atoms with Gasteiger partial charge in [-0.3, -0.25) is 9.13 Å². The van der Waals surface area contributed by atoms with E-state index in [-0.39, 0.29) is 22.2 Å². The Kier molecular flexibility index (Phi) is 3.47. The van der Waals surface area contributed by atoms with Crippen LogP contribution in [0.3, 0.4) is 0 Å². The Hall–Kier alpha value is -1.17. The molecule has 1 aromatic heterocycles. The van der Waals surface area contributed by atoms with Crippen LogP contribution in [0, 0.1) is 4.77 Å². The van der Waals surface area contributed by atoms with Crippen LogP contribution in [0.2, 0.25) is 0 Å². The summed E-state index contributed by atoms with van der Waals surface area (Å²) < 4.78 is 4.29. The molecule has 0 radical (unpaired) electrons. The minimum atomic E-state index is -0.564. The highest BCUT2D eigenvalue weighted by atomic mass is 32.1. The molecule has 0 atom stereocenters. The topological polar surface area (TPSA) is 48.9 Å². The third kappa shape index (κ3) is 2.26. The largest absolute Gasteiger partial charge is 0.335 e. The molecule has 0 aliphatic carbocycles. The van der Waals surface area contributed by atoms with E-state index in [4.69, 9.17) is 12.2 Å². The second-order valence-electron chi connectivity index (χ2n) is 5.38. The van der Waals surface area contributed by atoms with Gasteiger partial charge in [0, 0.05) is 18.6 Å². The summed E-state index contributed by atoms with van der Waals surface area (Å²) in [6.45, 7) is 9.21. The average Bonchev–Trinajstić information content (AvgIpc) is 2.11. The van der Waals surface area contributed by atoms with Crippen molar-refractivity contribution in [2.45, 2.75) is 46.2 Å². The molecule has 0 saturated heterocycles. The van der Waals surface area contributed by atoms with Gasteiger partial charge >= 0.3 is 11.4 Å². The van der Waals surface area contributed by atoms with Gasteiger partial charge in [-0.05, 0) is 46.8 Å². The Balaban J connectivity index is 3.96. The zero-order valence-electron chi connectivity index (χ0n) is 11.1. The van der Waals surface area contributed by atoms with Crippen LogP contribution >= 0.6 is 12.2 Å². The van der Waals surface area contributed by atoms with Crippen LogP contribution in [0.15, 0.2) is 9.59 Å². The van der Waals surface area contributed by atoms with E-state index >= 15 is 0 Å². The minimum Gasteiger partial charge on any atom is -0.273 e. The average molecular weight is 257 g/mol. The summed E-state index contributed by atoms with van der Waals surface area (Å²) in [6.07, 6.45) is 0. The molecule has 0 fully saturated rings. The SMILES string of the molecule is CC(C)n1c(=S)n(C)c(=O)n(C(C)(C)C)c1=O. The summed E-state index contributed by atoms with van der Waals surface area (Å²) in [7, 11) is 1.59. The summed E-state index contributed by atoms with van der Waals surface area (Å²) in [5.41, 5.74) is -1.28. The van der Waals surface area contributed by atoms with Gasteiger partial charge < -0.3 is 0 Å². The molecule has 0 aliphatic heterocycles. The van der Waals surface area contributed by atoms with Crippen molar-refractivity contribution in [1.29, 1.82) is 0 Å². The monoisotopic (exact) mass is 257 g/mol. The molecule has 0 aliphatic rings. The van der Waals surface area contributed by atoms with Gasteiger partial charge in [-0.25, -0.2) is 14.2 Å². The van der Waals surface area contributed by atoms with E-state index in [1.165, 1.54) is 13.7 Å². The molecule has 0 unspecified atom stereocenters. The van der Waals surface area contributed by atoms with E-state index in [9.17, 15) is 9.59 Å². The van der Waals surface area contributed by atoms with Gasteiger partial charge in [0.1, 0.15) is 0 Å². The molecule has 0 spiro atoms. The first-order chi connectivity index (χ1) is 7.59. The molecule has 5 nitrogen and oxygen atoms in total. The second-order valence-corrected chi connectivity index (χ2v) is 5.74. The van der Waals surface area contributed by atoms with Crippen LogP contribution in [-0.2, 0) is 12.6 Å². The fraction of sp³-hybridized carbons (Fsp3) is 0.727. The van der Waals surface area contributed by atoms with Crippen LogP contribution in [0.25, 0.3) is 0 Å². The first-order valence-electron chi connectivity index (χ1n) is 5.54. The summed E-state index contributed by atoms with van der Waals surface area (Å²) in [6, 6.07) is -0.0737. The lowest BCUT2D eigenvalue weighted by Crippen LogP contribution is -2.51. The first-order valence-corrected chi connectivity index (χ1v) is 5.95. The van der Waals surface area contributed by atoms with Crippen LogP contribution < -0.4 is 11.4 Å². The molecule has 1 rings (SSSR count). The van der Waals surface area contributed by atoms with E-state index in [0.29, 0.717) is 0 Å². The van der Waals surface area contributed by atoms with Crippen molar-refractivity contribution in [2.24, 2.45) is 7.05 Å². The van der Waals surface area contributed by atoms with Crippen LogP contribution in [0.5, 0.6) is 0 Å². The fourth-order valence-electron chi connectivity index (χ4n) is 1.68. The molecule has 17 heavy (non-hydrogen) atoms. The maximum Gasteiger partial charge on any atom is 0.335 e. The van der Waals surface area contributed by atoms with Crippen molar-refractivity contribution in [3.63, 3.8) is 0 Å². The molecule has 1 aromatic rings. The number of nitrogens with zero attached hydrogens (tertiary/aromatic N) is 3. The Labute approximate surface area is 105 Å². The van der Waals surface area contributed by atoms with Crippen molar-refractivity contribution in [3.05, 3.63) is 25.7 Å². The summed E-state index contributed by atoms with van der Waals surface area (Å²) in [5, 5.41) is 0. The molecule has 0 aromatic carbocycles.